The Hall–Kier alpha value is -2.34. The molecule has 0 atom stereocenters. The summed E-state index contributed by atoms with van der Waals surface area (Å²) in [5, 5.41) is 2.92. The second-order valence-corrected chi connectivity index (χ2v) is 8.35. The van der Waals surface area contributed by atoms with Gasteiger partial charge < -0.3 is 15.0 Å². The van der Waals surface area contributed by atoms with E-state index in [1.54, 1.807) is 17.0 Å². The van der Waals surface area contributed by atoms with Crippen LogP contribution in [0.15, 0.2) is 46.9 Å². The molecule has 2 aromatic carbocycles. The van der Waals surface area contributed by atoms with Crippen LogP contribution in [0.3, 0.4) is 0 Å². The van der Waals surface area contributed by atoms with Crippen LogP contribution in [0.1, 0.15) is 42.5 Å². The van der Waals surface area contributed by atoms with Gasteiger partial charge in [-0.25, -0.2) is 0 Å². The van der Waals surface area contributed by atoms with Crippen molar-refractivity contribution in [2.24, 2.45) is 5.92 Å². The van der Waals surface area contributed by atoms with Crippen molar-refractivity contribution in [3.8, 4) is 5.75 Å². The molecule has 5 nitrogen and oxygen atoms in total. The van der Waals surface area contributed by atoms with E-state index in [0.29, 0.717) is 23.6 Å². The minimum atomic E-state index is -0.192. The molecule has 1 aliphatic carbocycles. The Labute approximate surface area is 173 Å². The minimum absolute atomic E-state index is 0.149. The van der Waals surface area contributed by atoms with Crippen LogP contribution in [0.25, 0.3) is 0 Å². The van der Waals surface area contributed by atoms with Crippen LogP contribution in [-0.2, 0) is 4.79 Å². The topological polar surface area (TPSA) is 58.6 Å². The molecule has 6 heteroatoms. The lowest BCUT2D eigenvalue weighted by Crippen LogP contribution is -2.35. The number of hydrogen-bond donors (Lipinski definition) is 1. The normalized spacial score (nSPS) is 16.8. The van der Waals surface area contributed by atoms with Crippen molar-refractivity contribution in [2.75, 3.05) is 23.4 Å². The Bertz CT molecular complexity index is 878. The highest BCUT2D eigenvalue weighted by atomic mass is 79.9. The average molecular weight is 443 g/mol. The van der Waals surface area contributed by atoms with E-state index in [0.717, 1.165) is 41.9 Å². The third kappa shape index (κ3) is 4.73. The maximum atomic E-state index is 12.6. The van der Waals surface area contributed by atoms with Crippen molar-refractivity contribution >= 4 is 39.1 Å². The van der Waals surface area contributed by atoms with Crippen LogP contribution in [0.2, 0.25) is 0 Å². The van der Waals surface area contributed by atoms with Gasteiger partial charge in [0.1, 0.15) is 5.75 Å². The smallest absolute Gasteiger partial charge is 0.255 e. The predicted octanol–water partition coefficient (Wildman–Crippen LogP) is 5.01. The molecule has 2 aliphatic rings. The van der Waals surface area contributed by atoms with Gasteiger partial charge in [0.25, 0.3) is 5.91 Å². The van der Waals surface area contributed by atoms with Gasteiger partial charge in [0.05, 0.1) is 6.61 Å². The van der Waals surface area contributed by atoms with Crippen molar-refractivity contribution in [1.29, 1.82) is 0 Å². The van der Waals surface area contributed by atoms with Crippen LogP contribution in [0, 0.1) is 5.92 Å². The molecule has 1 saturated heterocycles. The van der Waals surface area contributed by atoms with Crippen LogP contribution in [0.5, 0.6) is 5.75 Å². The highest BCUT2D eigenvalue weighted by Crippen LogP contribution is 2.31. The number of benzene rings is 2. The van der Waals surface area contributed by atoms with Crippen molar-refractivity contribution < 1.29 is 14.3 Å². The van der Waals surface area contributed by atoms with Crippen LogP contribution in [-0.4, -0.2) is 25.0 Å². The van der Waals surface area contributed by atoms with E-state index in [9.17, 15) is 9.59 Å². The largest absolute Gasteiger partial charge is 0.493 e. The number of carbonyl (C=O) groups excluding carboxylic acids is 2. The van der Waals surface area contributed by atoms with E-state index in [-0.39, 0.29) is 11.8 Å². The number of piperidine rings is 1. The second-order valence-electron chi connectivity index (χ2n) is 7.43. The van der Waals surface area contributed by atoms with Crippen LogP contribution in [0.4, 0.5) is 11.4 Å². The summed E-state index contributed by atoms with van der Waals surface area (Å²) in [5.41, 5.74) is 2.08. The maximum Gasteiger partial charge on any atom is 0.255 e. The number of rotatable bonds is 6. The van der Waals surface area contributed by atoms with E-state index in [1.807, 2.05) is 30.3 Å². The number of carbonyl (C=O) groups is 2. The molecule has 146 valence electrons. The summed E-state index contributed by atoms with van der Waals surface area (Å²) >= 11 is 3.47. The second kappa shape index (κ2) is 8.35. The Kier molecular flexibility index (Phi) is 5.67. The Morgan fingerprint density at radius 2 is 1.93 bits per heavy atom. The van der Waals surface area contributed by atoms with Crippen molar-refractivity contribution in [1.82, 2.24) is 0 Å². The number of anilines is 2. The first kappa shape index (κ1) is 19.0. The molecule has 1 saturated carbocycles. The average Bonchev–Trinajstić information content (AvgIpc) is 3.51. The number of amides is 2. The molecule has 1 aliphatic heterocycles. The third-order valence-corrected chi connectivity index (χ3v) is 5.53. The first-order valence-electron chi connectivity index (χ1n) is 9.74. The Balaban J connectivity index is 1.42. The van der Waals surface area contributed by atoms with Gasteiger partial charge in [-0.1, -0.05) is 15.9 Å². The highest BCUT2D eigenvalue weighted by Gasteiger charge is 2.22. The Morgan fingerprint density at radius 3 is 2.64 bits per heavy atom. The Morgan fingerprint density at radius 1 is 1.14 bits per heavy atom. The van der Waals surface area contributed by atoms with Gasteiger partial charge in [0.15, 0.2) is 0 Å². The fourth-order valence-electron chi connectivity index (χ4n) is 3.29. The minimum Gasteiger partial charge on any atom is -0.493 e. The zero-order valence-corrected chi connectivity index (χ0v) is 17.2. The lowest BCUT2D eigenvalue weighted by molar-refractivity contribution is -0.119. The van der Waals surface area contributed by atoms with Crippen molar-refractivity contribution in [3.63, 3.8) is 0 Å². The molecule has 2 fully saturated rings. The zero-order chi connectivity index (χ0) is 19.5. The van der Waals surface area contributed by atoms with Gasteiger partial charge in [0.2, 0.25) is 5.91 Å². The van der Waals surface area contributed by atoms with E-state index >= 15 is 0 Å². The number of nitrogens with zero attached hydrogens (tertiary/aromatic N) is 1. The lowest BCUT2D eigenvalue weighted by Gasteiger charge is -2.26. The van der Waals surface area contributed by atoms with Crippen molar-refractivity contribution in [2.45, 2.75) is 32.1 Å². The first-order chi connectivity index (χ1) is 13.6. The van der Waals surface area contributed by atoms with Crippen molar-refractivity contribution in [3.05, 3.63) is 52.5 Å². The van der Waals surface area contributed by atoms with E-state index in [2.05, 4.69) is 21.2 Å². The third-order valence-electron chi connectivity index (χ3n) is 5.08. The summed E-state index contributed by atoms with van der Waals surface area (Å²) in [6.07, 6.45) is 5.03. The number of ether oxygens (including phenoxy) is 1. The van der Waals surface area contributed by atoms with Gasteiger partial charge in [-0.3, -0.25) is 9.59 Å². The van der Waals surface area contributed by atoms with Gasteiger partial charge in [-0.2, -0.15) is 0 Å². The molecule has 0 aromatic heterocycles. The summed E-state index contributed by atoms with van der Waals surface area (Å²) in [6.45, 7) is 1.46. The standard InChI is InChI=1S/C22H23BrN2O3/c23-17-11-18(13-20(12-17)28-14-15-4-5-15)24-22(27)16-6-8-19(9-7-16)25-10-2-1-3-21(25)26/h6-9,11-13,15H,1-5,10,14H2,(H,24,27). The fraction of sp³-hybridized carbons (Fsp3) is 0.364. The monoisotopic (exact) mass is 442 g/mol. The molecule has 0 spiro atoms. The van der Waals surface area contributed by atoms with E-state index < -0.39 is 0 Å². The van der Waals surface area contributed by atoms with Gasteiger partial charge >= 0.3 is 0 Å². The predicted molar refractivity (Wildman–Crippen MR) is 113 cm³/mol. The molecule has 28 heavy (non-hydrogen) atoms. The van der Waals surface area contributed by atoms with E-state index in [4.69, 9.17) is 4.74 Å². The number of nitrogens with one attached hydrogen (secondary N) is 1. The summed E-state index contributed by atoms with van der Waals surface area (Å²) in [6, 6.07) is 12.8. The van der Waals surface area contributed by atoms with Gasteiger partial charge in [-0.05, 0) is 68.0 Å². The van der Waals surface area contributed by atoms with E-state index in [1.165, 1.54) is 12.8 Å². The summed E-state index contributed by atoms with van der Waals surface area (Å²) < 4.78 is 6.67. The molecule has 2 aromatic rings. The van der Waals surface area contributed by atoms with Crippen LogP contribution >= 0.6 is 15.9 Å². The maximum absolute atomic E-state index is 12.6. The fourth-order valence-corrected chi connectivity index (χ4v) is 3.76. The molecule has 0 bridgehead atoms. The zero-order valence-electron chi connectivity index (χ0n) is 15.6. The molecular formula is C22H23BrN2O3. The lowest BCUT2D eigenvalue weighted by atomic mass is 10.1. The summed E-state index contributed by atoms with van der Waals surface area (Å²) in [4.78, 5) is 26.5. The quantitative estimate of drug-likeness (QED) is 0.683. The summed E-state index contributed by atoms with van der Waals surface area (Å²) in [7, 11) is 0. The molecule has 0 radical (unpaired) electrons. The molecular weight excluding hydrogens is 420 g/mol. The highest BCUT2D eigenvalue weighted by molar-refractivity contribution is 9.10. The number of halogens is 1. The van der Waals surface area contributed by atoms with Gasteiger partial charge in [0, 0.05) is 40.4 Å². The molecule has 2 amide bonds. The molecule has 0 unspecified atom stereocenters. The molecule has 1 heterocycles. The summed E-state index contributed by atoms with van der Waals surface area (Å²) in [5.74, 6) is 1.37. The number of hydrogen-bond acceptors (Lipinski definition) is 3. The van der Waals surface area contributed by atoms with Gasteiger partial charge in [-0.15, -0.1) is 0 Å². The SMILES string of the molecule is O=C(Nc1cc(Br)cc(OCC2CC2)c1)c1ccc(N2CCCCC2=O)cc1. The molecule has 4 rings (SSSR count). The first-order valence-corrected chi connectivity index (χ1v) is 10.5. The van der Waals surface area contributed by atoms with Crippen LogP contribution < -0.4 is 15.0 Å². The molecule has 1 N–H and O–H groups in total.